The fraction of sp³-hybridized carbons (Fsp3) is 0.312. The van der Waals surface area contributed by atoms with Crippen molar-refractivity contribution in [3.63, 3.8) is 0 Å². The van der Waals surface area contributed by atoms with E-state index in [2.05, 4.69) is 25.8 Å². The zero-order chi connectivity index (χ0) is 15.2. The number of hydrogen-bond acceptors (Lipinski definition) is 4. The van der Waals surface area contributed by atoms with Gasteiger partial charge in [-0.2, -0.15) is 0 Å². The van der Waals surface area contributed by atoms with Gasteiger partial charge < -0.3 is 9.52 Å². The van der Waals surface area contributed by atoms with Crippen LogP contribution in [0.5, 0.6) is 0 Å². The Balaban J connectivity index is 1.98. The summed E-state index contributed by atoms with van der Waals surface area (Å²) < 4.78 is 19.1. The zero-order valence-corrected chi connectivity index (χ0v) is 12.9. The summed E-state index contributed by atoms with van der Waals surface area (Å²) in [7, 11) is 0. The van der Waals surface area contributed by atoms with Gasteiger partial charge in [-0.25, -0.2) is 9.37 Å². The molecule has 3 nitrogen and oxygen atoms in total. The second-order valence-electron chi connectivity index (χ2n) is 6.04. The highest BCUT2D eigenvalue weighted by atomic mass is 32.1. The summed E-state index contributed by atoms with van der Waals surface area (Å²) in [6.45, 7) is 6.20. The second kappa shape index (κ2) is 4.93. The van der Waals surface area contributed by atoms with Crippen molar-refractivity contribution in [2.24, 2.45) is 0 Å². The van der Waals surface area contributed by atoms with Crippen LogP contribution >= 0.6 is 11.3 Å². The molecule has 0 spiro atoms. The van der Waals surface area contributed by atoms with Crippen molar-refractivity contribution in [2.45, 2.75) is 32.3 Å². The number of hydrogen-bond donors (Lipinski definition) is 1. The van der Waals surface area contributed by atoms with Crippen molar-refractivity contribution in [3.05, 3.63) is 51.9 Å². The number of para-hydroxylation sites is 1. The highest BCUT2D eigenvalue weighted by Gasteiger charge is 2.23. The Morgan fingerprint density at radius 2 is 2.10 bits per heavy atom. The molecule has 1 atom stereocenters. The first kappa shape index (κ1) is 14.2. The predicted molar refractivity (Wildman–Crippen MR) is 81.0 cm³/mol. The van der Waals surface area contributed by atoms with Crippen LogP contribution in [0.4, 0.5) is 4.39 Å². The first-order valence-corrected chi connectivity index (χ1v) is 7.56. The number of nitrogens with zero attached hydrogens (tertiary/aromatic N) is 1. The van der Waals surface area contributed by atoms with Crippen LogP contribution in [-0.4, -0.2) is 10.1 Å². The summed E-state index contributed by atoms with van der Waals surface area (Å²) in [5.74, 6) is -0.125. The van der Waals surface area contributed by atoms with Gasteiger partial charge in [-0.05, 0) is 12.1 Å². The Hall–Kier alpha value is -1.72. The number of thiazole rings is 1. The fourth-order valence-corrected chi connectivity index (χ4v) is 3.01. The molecule has 110 valence electrons. The van der Waals surface area contributed by atoms with Crippen LogP contribution in [0.25, 0.3) is 11.0 Å². The van der Waals surface area contributed by atoms with E-state index in [1.54, 1.807) is 18.2 Å². The maximum Gasteiger partial charge on any atom is 0.170 e. The van der Waals surface area contributed by atoms with Gasteiger partial charge in [-0.15, -0.1) is 11.3 Å². The SMILES string of the molecule is CC(C)(C)c1nc(C(O)c2cc3cccc(F)c3o2)cs1. The number of rotatable bonds is 2. The molecule has 1 N–H and O–H groups in total. The minimum Gasteiger partial charge on any atom is -0.455 e. The van der Waals surface area contributed by atoms with Crippen molar-refractivity contribution in [3.8, 4) is 0 Å². The van der Waals surface area contributed by atoms with E-state index in [4.69, 9.17) is 4.42 Å². The van der Waals surface area contributed by atoms with E-state index < -0.39 is 11.9 Å². The third kappa shape index (κ3) is 2.59. The highest BCUT2D eigenvalue weighted by Crippen LogP contribution is 2.32. The van der Waals surface area contributed by atoms with Crippen molar-refractivity contribution in [2.75, 3.05) is 0 Å². The number of aliphatic hydroxyl groups excluding tert-OH is 1. The third-order valence-corrected chi connectivity index (χ3v) is 4.51. The molecule has 1 unspecified atom stereocenters. The molecule has 5 heteroatoms. The van der Waals surface area contributed by atoms with Gasteiger partial charge in [0.05, 0.1) is 10.7 Å². The van der Waals surface area contributed by atoms with Crippen molar-refractivity contribution in [1.82, 2.24) is 4.98 Å². The molecule has 0 aliphatic rings. The van der Waals surface area contributed by atoms with E-state index in [-0.39, 0.29) is 11.0 Å². The molecule has 0 fully saturated rings. The molecule has 21 heavy (non-hydrogen) atoms. The highest BCUT2D eigenvalue weighted by molar-refractivity contribution is 7.09. The van der Waals surface area contributed by atoms with Gasteiger partial charge in [-0.1, -0.05) is 32.9 Å². The summed E-state index contributed by atoms with van der Waals surface area (Å²) in [5.41, 5.74) is 0.630. The smallest absolute Gasteiger partial charge is 0.170 e. The molecule has 0 amide bonds. The number of furan rings is 1. The van der Waals surface area contributed by atoms with E-state index in [1.807, 2.05) is 5.38 Å². The first-order valence-electron chi connectivity index (χ1n) is 6.68. The molecule has 3 rings (SSSR count). The lowest BCUT2D eigenvalue weighted by Crippen LogP contribution is -2.11. The number of halogens is 1. The lowest BCUT2D eigenvalue weighted by molar-refractivity contribution is 0.187. The second-order valence-corrected chi connectivity index (χ2v) is 6.90. The molecule has 3 aromatic rings. The van der Waals surface area contributed by atoms with Gasteiger partial charge in [0.1, 0.15) is 5.76 Å². The first-order chi connectivity index (χ1) is 9.86. The maximum atomic E-state index is 13.6. The molecule has 2 heterocycles. The number of benzene rings is 1. The molecule has 0 saturated heterocycles. The third-order valence-electron chi connectivity index (χ3n) is 3.23. The quantitative estimate of drug-likeness (QED) is 0.763. The molecule has 0 bridgehead atoms. The number of fused-ring (bicyclic) bond motifs is 1. The summed E-state index contributed by atoms with van der Waals surface area (Å²) >= 11 is 1.50. The van der Waals surface area contributed by atoms with E-state index in [0.29, 0.717) is 16.8 Å². The van der Waals surface area contributed by atoms with Crippen LogP contribution in [0.2, 0.25) is 0 Å². The standard InChI is InChI=1S/C16H16FNO2S/c1-16(2,3)15-18-11(8-21-15)13(19)12-7-9-5-4-6-10(17)14(9)20-12/h4-8,13,19H,1-3H3. The van der Waals surface area contributed by atoms with Gasteiger partial charge in [0.25, 0.3) is 0 Å². The maximum absolute atomic E-state index is 13.6. The Kier molecular flexibility index (Phi) is 3.34. The Morgan fingerprint density at radius 1 is 1.33 bits per heavy atom. The van der Waals surface area contributed by atoms with Crippen molar-refractivity contribution in [1.29, 1.82) is 0 Å². The Bertz CT molecular complexity index is 785. The largest absolute Gasteiger partial charge is 0.455 e. The summed E-state index contributed by atoms with van der Waals surface area (Å²) in [6, 6.07) is 6.35. The average molecular weight is 305 g/mol. The number of aromatic nitrogens is 1. The molecule has 0 aliphatic heterocycles. The molecular weight excluding hydrogens is 289 g/mol. The lowest BCUT2D eigenvalue weighted by atomic mass is 9.98. The zero-order valence-electron chi connectivity index (χ0n) is 12.1. The van der Waals surface area contributed by atoms with Gasteiger partial charge >= 0.3 is 0 Å². The molecular formula is C16H16FNO2S. The fourth-order valence-electron chi connectivity index (χ4n) is 2.08. The Labute approximate surface area is 126 Å². The minimum atomic E-state index is -0.982. The summed E-state index contributed by atoms with van der Waals surface area (Å²) in [6.07, 6.45) is -0.982. The molecule has 2 aromatic heterocycles. The monoisotopic (exact) mass is 305 g/mol. The van der Waals surface area contributed by atoms with E-state index in [9.17, 15) is 9.50 Å². The van der Waals surface area contributed by atoms with Gasteiger partial charge in [-0.3, -0.25) is 0 Å². The van der Waals surface area contributed by atoms with Crippen LogP contribution in [-0.2, 0) is 5.41 Å². The molecule has 0 saturated carbocycles. The summed E-state index contributed by atoms with van der Waals surface area (Å²) in [5, 5.41) is 13.8. The topological polar surface area (TPSA) is 46.3 Å². The van der Waals surface area contributed by atoms with Gasteiger partial charge in [0, 0.05) is 16.2 Å². The van der Waals surface area contributed by atoms with E-state index in [0.717, 1.165) is 5.01 Å². The van der Waals surface area contributed by atoms with Crippen LogP contribution in [0.1, 0.15) is 43.3 Å². The van der Waals surface area contributed by atoms with Crippen molar-refractivity contribution >= 4 is 22.3 Å². The van der Waals surface area contributed by atoms with Gasteiger partial charge in [0.2, 0.25) is 0 Å². The molecule has 0 radical (unpaired) electrons. The van der Waals surface area contributed by atoms with Crippen LogP contribution < -0.4 is 0 Å². The van der Waals surface area contributed by atoms with Gasteiger partial charge in [0.15, 0.2) is 17.5 Å². The van der Waals surface area contributed by atoms with Crippen LogP contribution in [0.3, 0.4) is 0 Å². The molecule has 0 aliphatic carbocycles. The van der Waals surface area contributed by atoms with Crippen LogP contribution in [0.15, 0.2) is 34.1 Å². The normalized spacial score (nSPS) is 13.8. The minimum absolute atomic E-state index is 0.0668. The van der Waals surface area contributed by atoms with E-state index in [1.165, 1.54) is 17.4 Å². The van der Waals surface area contributed by atoms with E-state index >= 15 is 0 Å². The van der Waals surface area contributed by atoms with Crippen molar-refractivity contribution < 1.29 is 13.9 Å². The summed E-state index contributed by atoms with van der Waals surface area (Å²) in [4.78, 5) is 4.47. The average Bonchev–Trinajstić information content (AvgIpc) is 3.05. The Morgan fingerprint density at radius 3 is 2.71 bits per heavy atom. The predicted octanol–water partition coefficient (Wildman–Crippen LogP) is 4.41. The number of aliphatic hydroxyl groups is 1. The lowest BCUT2D eigenvalue weighted by Gasteiger charge is -2.13. The molecule has 1 aromatic carbocycles. The van der Waals surface area contributed by atoms with Crippen LogP contribution in [0, 0.1) is 5.82 Å².